The fourth-order valence-corrected chi connectivity index (χ4v) is 1.56. The molecule has 2 aromatic rings. The lowest BCUT2D eigenvalue weighted by Crippen LogP contribution is -2.16. The predicted octanol–water partition coefficient (Wildman–Crippen LogP) is 1.85. The van der Waals surface area contributed by atoms with Gasteiger partial charge in [-0.25, -0.2) is 0 Å². The summed E-state index contributed by atoms with van der Waals surface area (Å²) in [5.41, 5.74) is 13.5. The van der Waals surface area contributed by atoms with Crippen molar-refractivity contribution in [1.82, 2.24) is 10.1 Å². The van der Waals surface area contributed by atoms with E-state index in [0.29, 0.717) is 18.3 Å². The smallest absolute Gasteiger partial charge is 0.244 e. The highest BCUT2D eigenvalue weighted by molar-refractivity contribution is 5.54. The minimum absolute atomic E-state index is 0.227. The molecule has 1 heterocycles. The van der Waals surface area contributed by atoms with Crippen molar-refractivity contribution in [2.24, 2.45) is 17.4 Å². The molecule has 0 fully saturated rings. The molecule has 0 saturated heterocycles. The Morgan fingerprint density at radius 3 is 2.44 bits per heavy atom. The summed E-state index contributed by atoms with van der Waals surface area (Å²) in [5, 5.41) is 3.95. The lowest BCUT2D eigenvalue weighted by atomic mass is 10.1. The van der Waals surface area contributed by atoms with Crippen LogP contribution in [0.5, 0.6) is 0 Å². The third-order valence-corrected chi connectivity index (χ3v) is 2.89. The Morgan fingerprint density at radius 2 is 1.89 bits per heavy atom. The zero-order valence-electron chi connectivity index (χ0n) is 10.6. The Kier molecular flexibility index (Phi) is 3.74. The molecule has 1 aromatic carbocycles. The first-order chi connectivity index (χ1) is 8.61. The fraction of sp³-hybridized carbons (Fsp3) is 0.385. The normalized spacial score (nSPS) is 12.9. The van der Waals surface area contributed by atoms with Gasteiger partial charge in [-0.05, 0) is 11.5 Å². The van der Waals surface area contributed by atoms with Crippen molar-refractivity contribution in [1.29, 1.82) is 0 Å². The van der Waals surface area contributed by atoms with E-state index in [2.05, 4.69) is 10.1 Å². The van der Waals surface area contributed by atoms with E-state index in [1.54, 1.807) is 0 Å². The molecule has 0 spiro atoms. The Balaban J connectivity index is 2.23. The van der Waals surface area contributed by atoms with Gasteiger partial charge in [-0.15, -0.1) is 0 Å². The van der Waals surface area contributed by atoms with Crippen LogP contribution in [0.2, 0.25) is 0 Å². The monoisotopic (exact) mass is 246 g/mol. The van der Waals surface area contributed by atoms with Gasteiger partial charge in [0.2, 0.25) is 11.7 Å². The molecule has 0 radical (unpaired) electrons. The summed E-state index contributed by atoms with van der Waals surface area (Å²) in [5.74, 6) is 1.30. The Hall–Kier alpha value is -1.72. The number of rotatable bonds is 4. The molecule has 2 rings (SSSR count). The highest BCUT2D eigenvalue weighted by atomic mass is 16.5. The van der Waals surface area contributed by atoms with Crippen molar-refractivity contribution in [3.8, 4) is 11.4 Å². The number of hydrogen-bond donors (Lipinski definition) is 2. The van der Waals surface area contributed by atoms with E-state index in [1.165, 1.54) is 0 Å². The zero-order valence-corrected chi connectivity index (χ0v) is 10.6. The van der Waals surface area contributed by atoms with Crippen molar-refractivity contribution >= 4 is 0 Å². The minimum atomic E-state index is -0.227. The Morgan fingerprint density at radius 1 is 1.22 bits per heavy atom. The summed E-state index contributed by atoms with van der Waals surface area (Å²) in [6, 6.07) is 7.53. The molecule has 1 aromatic heterocycles. The topological polar surface area (TPSA) is 91.0 Å². The number of benzene rings is 1. The van der Waals surface area contributed by atoms with E-state index in [1.807, 2.05) is 38.1 Å². The third-order valence-electron chi connectivity index (χ3n) is 2.89. The first-order valence-corrected chi connectivity index (χ1v) is 6.00. The van der Waals surface area contributed by atoms with Gasteiger partial charge in [-0.3, -0.25) is 0 Å². The maximum absolute atomic E-state index is 5.96. The van der Waals surface area contributed by atoms with Crippen LogP contribution in [0, 0.1) is 5.92 Å². The van der Waals surface area contributed by atoms with Gasteiger partial charge < -0.3 is 16.0 Å². The van der Waals surface area contributed by atoms with Gasteiger partial charge in [0.15, 0.2) is 0 Å². The van der Waals surface area contributed by atoms with Crippen molar-refractivity contribution in [2.75, 3.05) is 0 Å². The maximum Gasteiger partial charge on any atom is 0.244 e. The van der Waals surface area contributed by atoms with Crippen LogP contribution in [0.3, 0.4) is 0 Å². The molecule has 1 atom stereocenters. The van der Waals surface area contributed by atoms with Gasteiger partial charge in [0, 0.05) is 12.1 Å². The number of nitrogens with two attached hydrogens (primary N) is 2. The van der Waals surface area contributed by atoms with Gasteiger partial charge in [0.05, 0.1) is 6.04 Å². The van der Waals surface area contributed by atoms with Crippen LogP contribution in [0.4, 0.5) is 0 Å². The first-order valence-electron chi connectivity index (χ1n) is 6.00. The van der Waals surface area contributed by atoms with Gasteiger partial charge in [-0.2, -0.15) is 4.98 Å². The molecule has 18 heavy (non-hydrogen) atoms. The first kappa shape index (κ1) is 12.7. The second kappa shape index (κ2) is 5.29. The van der Waals surface area contributed by atoms with E-state index in [4.69, 9.17) is 16.0 Å². The predicted molar refractivity (Wildman–Crippen MR) is 69.4 cm³/mol. The van der Waals surface area contributed by atoms with Crippen molar-refractivity contribution < 1.29 is 4.52 Å². The fourth-order valence-electron chi connectivity index (χ4n) is 1.56. The zero-order chi connectivity index (χ0) is 13.1. The standard InChI is InChI=1S/C13H18N4O/c1-8(2)11(15)13-16-12(17-18-13)10-5-3-9(7-14)4-6-10/h3-6,8,11H,7,14-15H2,1-2H3. The maximum atomic E-state index is 5.96. The van der Waals surface area contributed by atoms with Crippen LogP contribution >= 0.6 is 0 Å². The van der Waals surface area contributed by atoms with Crippen LogP contribution in [0.15, 0.2) is 28.8 Å². The van der Waals surface area contributed by atoms with E-state index in [0.717, 1.165) is 11.1 Å². The van der Waals surface area contributed by atoms with Crippen LogP contribution < -0.4 is 11.5 Å². The minimum Gasteiger partial charge on any atom is -0.337 e. The summed E-state index contributed by atoms with van der Waals surface area (Å²) in [4.78, 5) is 4.32. The molecule has 0 saturated carbocycles. The SMILES string of the molecule is CC(C)C(N)c1nc(-c2ccc(CN)cc2)no1. The summed E-state index contributed by atoms with van der Waals surface area (Å²) in [6.07, 6.45) is 0. The molecule has 4 N–H and O–H groups in total. The molecule has 96 valence electrons. The van der Waals surface area contributed by atoms with Crippen LogP contribution in [0.25, 0.3) is 11.4 Å². The third kappa shape index (κ3) is 2.57. The molecule has 0 aliphatic heterocycles. The number of nitrogens with zero attached hydrogens (tertiary/aromatic N) is 2. The molecule has 1 unspecified atom stereocenters. The van der Waals surface area contributed by atoms with E-state index in [-0.39, 0.29) is 12.0 Å². The largest absolute Gasteiger partial charge is 0.337 e. The summed E-state index contributed by atoms with van der Waals surface area (Å²) in [6.45, 7) is 4.56. The van der Waals surface area contributed by atoms with Crippen LogP contribution in [-0.4, -0.2) is 10.1 Å². The average molecular weight is 246 g/mol. The average Bonchev–Trinajstić information content (AvgIpc) is 2.87. The van der Waals surface area contributed by atoms with Crippen LogP contribution in [-0.2, 0) is 6.54 Å². The molecular formula is C13H18N4O. The molecule has 5 heteroatoms. The highest BCUT2D eigenvalue weighted by Gasteiger charge is 2.18. The van der Waals surface area contributed by atoms with E-state index < -0.39 is 0 Å². The second-order valence-corrected chi connectivity index (χ2v) is 4.63. The summed E-state index contributed by atoms with van der Waals surface area (Å²) >= 11 is 0. The van der Waals surface area contributed by atoms with Gasteiger partial charge in [-0.1, -0.05) is 43.3 Å². The van der Waals surface area contributed by atoms with Gasteiger partial charge in [0.1, 0.15) is 0 Å². The molecule has 5 nitrogen and oxygen atoms in total. The van der Waals surface area contributed by atoms with Crippen molar-refractivity contribution in [2.45, 2.75) is 26.4 Å². The van der Waals surface area contributed by atoms with Gasteiger partial charge in [0.25, 0.3) is 0 Å². The van der Waals surface area contributed by atoms with Crippen molar-refractivity contribution in [3.05, 3.63) is 35.7 Å². The number of aromatic nitrogens is 2. The molecule has 0 amide bonds. The molecule has 0 bridgehead atoms. The molecule has 0 aliphatic carbocycles. The van der Waals surface area contributed by atoms with E-state index in [9.17, 15) is 0 Å². The van der Waals surface area contributed by atoms with Crippen LogP contribution in [0.1, 0.15) is 31.3 Å². The lowest BCUT2D eigenvalue weighted by molar-refractivity contribution is 0.325. The quantitative estimate of drug-likeness (QED) is 0.859. The summed E-state index contributed by atoms with van der Waals surface area (Å²) < 4.78 is 5.19. The lowest BCUT2D eigenvalue weighted by Gasteiger charge is -2.09. The van der Waals surface area contributed by atoms with Crippen molar-refractivity contribution in [3.63, 3.8) is 0 Å². The van der Waals surface area contributed by atoms with Gasteiger partial charge >= 0.3 is 0 Å². The second-order valence-electron chi connectivity index (χ2n) is 4.63. The van der Waals surface area contributed by atoms with E-state index >= 15 is 0 Å². The number of hydrogen-bond acceptors (Lipinski definition) is 5. The Bertz CT molecular complexity index is 504. The Labute approximate surface area is 106 Å². The highest BCUT2D eigenvalue weighted by Crippen LogP contribution is 2.21. The summed E-state index contributed by atoms with van der Waals surface area (Å²) in [7, 11) is 0. The molecular weight excluding hydrogens is 228 g/mol. The molecule has 0 aliphatic rings.